The minimum Gasteiger partial charge on any atom is -0.475 e. The third-order valence-corrected chi connectivity index (χ3v) is 5.66. The third kappa shape index (κ3) is 8.06. The molecule has 208 valence electrons. The Morgan fingerprint density at radius 3 is 2.33 bits per heavy atom. The van der Waals surface area contributed by atoms with Gasteiger partial charge in [0.2, 0.25) is 5.91 Å². The predicted octanol–water partition coefficient (Wildman–Crippen LogP) is 4.74. The van der Waals surface area contributed by atoms with E-state index >= 15 is 0 Å². The summed E-state index contributed by atoms with van der Waals surface area (Å²) in [5.74, 6) is -2.75. The Balaban J connectivity index is 0.000000532. The number of carbonyl (C=O) groups excluding carboxylic acids is 2. The number of alkyl halides is 6. The Morgan fingerprint density at radius 1 is 1.03 bits per heavy atom. The summed E-state index contributed by atoms with van der Waals surface area (Å²) in [5.41, 5.74) is 2.30. The molecule has 2 amide bonds. The van der Waals surface area contributed by atoms with Crippen molar-refractivity contribution < 1.29 is 45.8 Å². The maximum absolute atomic E-state index is 12.9. The van der Waals surface area contributed by atoms with E-state index in [0.29, 0.717) is 36.5 Å². The van der Waals surface area contributed by atoms with Gasteiger partial charge in [-0.2, -0.15) is 26.3 Å². The van der Waals surface area contributed by atoms with Gasteiger partial charge < -0.3 is 19.9 Å². The standard InChI is InChI=1S/C23H21F3N4O2.C2HF3O2/c1-15(31)30-8-7-17-10-18(5-6-19(17)12-30)22(32)28-21-13-29(14-27-21)11-16-3-2-4-20(9-16)23(24,25)26;3-2(4,5)1(6)7/h2-6,9-10,13-14H,7-8,11-12H2,1H3,(H,28,32);(H,6,7). The largest absolute Gasteiger partial charge is 0.490 e. The lowest BCUT2D eigenvalue weighted by atomic mass is 9.97. The number of carboxylic acid groups (broad SMARTS) is 1. The lowest BCUT2D eigenvalue weighted by Gasteiger charge is -2.28. The first-order chi connectivity index (χ1) is 18.1. The van der Waals surface area contributed by atoms with E-state index < -0.39 is 23.9 Å². The summed E-state index contributed by atoms with van der Waals surface area (Å²) >= 11 is 0. The summed E-state index contributed by atoms with van der Waals surface area (Å²) in [7, 11) is 0. The van der Waals surface area contributed by atoms with Gasteiger partial charge in [0.15, 0.2) is 5.82 Å². The van der Waals surface area contributed by atoms with Crippen LogP contribution in [-0.4, -0.2) is 50.1 Å². The molecule has 3 aromatic rings. The third-order valence-electron chi connectivity index (χ3n) is 5.66. The smallest absolute Gasteiger partial charge is 0.475 e. The Kier molecular flexibility index (Phi) is 8.67. The van der Waals surface area contributed by atoms with Crippen molar-refractivity contribution in [1.29, 1.82) is 0 Å². The summed E-state index contributed by atoms with van der Waals surface area (Å²) in [6.45, 7) is 2.89. The fraction of sp³-hybridized carbons (Fsp3) is 0.280. The SMILES string of the molecule is CC(=O)N1CCc2cc(C(=O)Nc3cn(Cc4cccc(C(F)(F)F)c4)cn3)ccc2C1.O=C(O)C(F)(F)F. The number of hydrogen-bond acceptors (Lipinski definition) is 4. The fourth-order valence-corrected chi connectivity index (χ4v) is 3.72. The molecule has 0 atom stereocenters. The Labute approximate surface area is 217 Å². The van der Waals surface area contributed by atoms with Crippen LogP contribution in [0, 0.1) is 0 Å². The number of aliphatic carboxylic acids is 1. The zero-order chi connectivity index (χ0) is 29.0. The number of nitrogens with one attached hydrogen (secondary N) is 1. The molecule has 2 heterocycles. The highest BCUT2D eigenvalue weighted by atomic mass is 19.4. The number of benzene rings is 2. The van der Waals surface area contributed by atoms with Gasteiger partial charge in [0.25, 0.3) is 5.91 Å². The molecule has 1 aliphatic rings. The number of anilines is 1. The van der Waals surface area contributed by atoms with Gasteiger partial charge in [-0.25, -0.2) is 9.78 Å². The second-order valence-corrected chi connectivity index (χ2v) is 8.56. The average molecular weight is 556 g/mol. The van der Waals surface area contributed by atoms with Crippen LogP contribution in [0.4, 0.5) is 32.2 Å². The van der Waals surface area contributed by atoms with Crippen molar-refractivity contribution in [1.82, 2.24) is 14.5 Å². The molecule has 0 radical (unpaired) electrons. The molecule has 0 unspecified atom stereocenters. The number of aromatic nitrogens is 2. The molecule has 0 aliphatic carbocycles. The van der Waals surface area contributed by atoms with Crippen molar-refractivity contribution in [2.45, 2.75) is 38.8 Å². The van der Waals surface area contributed by atoms with Crippen LogP contribution in [0.25, 0.3) is 0 Å². The highest BCUT2D eigenvalue weighted by Crippen LogP contribution is 2.29. The fourth-order valence-electron chi connectivity index (χ4n) is 3.72. The van der Waals surface area contributed by atoms with Gasteiger partial charge in [0.05, 0.1) is 11.9 Å². The highest BCUT2D eigenvalue weighted by Gasteiger charge is 2.38. The van der Waals surface area contributed by atoms with E-state index in [1.54, 1.807) is 34.7 Å². The topological polar surface area (TPSA) is 105 Å². The van der Waals surface area contributed by atoms with E-state index in [4.69, 9.17) is 9.90 Å². The van der Waals surface area contributed by atoms with Gasteiger partial charge in [-0.15, -0.1) is 0 Å². The van der Waals surface area contributed by atoms with Crippen LogP contribution >= 0.6 is 0 Å². The van der Waals surface area contributed by atoms with E-state index in [1.807, 2.05) is 12.1 Å². The molecule has 14 heteroatoms. The summed E-state index contributed by atoms with van der Waals surface area (Å²) in [5, 5.41) is 9.84. The Morgan fingerprint density at radius 2 is 1.72 bits per heavy atom. The Hall–Kier alpha value is -4.36. The molecular weight excluding hydrogens is 534 g/mol. The van der Waals surface area contributed by atoms with Crippen molar-refractivity contribution in [3.8, 4) is 0 Å². The molecule has 4 rings (SSSR count). The quantitative estimate of drug-likeness (QED) is 0.452. The minimum absolute atomic E-state index is 0.0261. The molecular formula is C25H22F6N4O4. The van der Waals surface area contributed by atoms with Crippen molar-refractivity contribution in [2.24, 2.45) is 0 Å². The monoisotopic (exact) mass is 556 g/mol. The first-order valence-electron chi connectivity index (χ1n) is 11.3. The average Bonchev–Trinajstić information content (AvgIpc) is 3.29. The summed E-state index contributed by atoms with van der Waals surface area (Å²) in [6, 6.07) is 10.5. The number of halogens is 6. The van der Waals surface area contributed by atoms with E-state index in [-0.39, 0.29) is 18.4 Å². The van der Waals surface area contributed by atoms with Gasteiger partial charge in [-0.05, 0) is 47.4 Å². The van der Waals surface area contributed by atoms with E-state index in [0.717, 1.165) is 23.3 Å². The molecule has 39 heavy (non-hydrogen) atoms. The molecule has 1 aromatic heterocycles. The minimum atomic E-state index is -5.08. The maximum Gasteiger partial charge on any atom is 0.490 e. The molecule has 1 aliphatic heterocycles. The van der Waals surface area contributed by atoms with Crippen LogP contribution in [0.2, 0.25) is 0 Å². The zero-order valence-electron chi connectivity index (χ0n) is 20.3. The van der Waals surface area contributed by atoms with Gasteiger partial charge >= 0.3 is 18.3 Å². The van der Waals surface area contributed by atoms with Gasteiger partial charge in [-0.1, -0.05) is 18.2 Å². The number of hydrogen-bond donors (Lipinski definition) is 2. The molecule has 2 aromatic carbocycles. The molecule has 0 fully saturated rings. The van der Waals surface area contributed by atoms with Crippen LogP contribution < -0.4 is 5.32 Å². The van der Waals surface area contributed by atoms with Gasteiger partial charge in [-0.3, -0.25) is 9.59 Å². The number of carboxylic acids is 1. The van der Waals surface area contributed by atoms with Crippen LogP contribution in [-0.2, 0) is 35.3 Å². The van der Waals surface area contributed by atoms with Crippen LogP contribution in [0.3, 0.4) is 0 Å². The van der Waals surface area contributed by atoms with Gasteiger partial charge in [0, 0.05) is 38.3 Å². The lowest BCUT2D eigenvalue weighted by Crippen LogP contribution is -2.34. The van der Waals surface area contributed by atoms with E-state index in [2.05, 4.69) is 10.3 Å². The van der Waals surface area contributed by atoms with Crippen LogP contribution in [0.1, 0.15) is 39.5 Å². The first-order valence-corrected chi connectivity index (χ1v) is 11.3. The summed E-state index contributed by atoms with van der Waals surface area (Å²) < 4.78 is 72.0. The molecule has 0 saturated carbocycles. The number of nitrogens with zero attached hydrogens (tertiary/aromatic N) is 3. The molecule has 0 saturated heterocycles. The van der Waals surface area contributed by atoms with Gasteiger partial charge in [0.1, 0.15) is 0 Å². The summed E-state index contributed by atoms with van der Waals surface area (Å²) in [4.78, 5) is 39.0. The second-order valence-electron chi connectivity index (χ2n) is 8.56. The number of imidazole rings is 1. The maximum atomic E-state index is 12.9. The molecule has 0 bridgehead atoms. The van der Waals surface area contributed by atoms with Crippen molar-refractivity contribution in [3.05, 3.63) is 82.8 Å². The van der Waals surface area contributed by atoms with Crippen molar-refractivity contribution >= 4 is 23.6 Å². The Bertz CT molecular complexity index is 1370. The lowest BCUT2D eigenvalue weighted by molar-refractivity contribution is -0.192. The molecule has 0 spiro atoms. The predicted molar refractivity (Wildman–Crippen MR) is 126 cm³/mol. The van der Waals surface area contributed by atoms with Crippen molar-refractivity contribution in [3.63, 3.8) is 0 Å². The van der Waals surface area contributed by atoms with E-state index in [1.165, 1.54) is 12.4 Å². The van der Waals surface area contributed by atoms with Crippen molar-refractivity contribution in [2.75, 3.05) is 11.9 Å². The molecule has 2 N–H and O–H groups in total. The van der Waals surface area contributed by atoms with Crippen LogP contribution in [0.15, 0.2) is 55.0 Å². The van der Waals surface area contributed by atoms with Crippen LogP contribution in [0.5, 0.6) is 0 Å². The number of carbonyl (C=O) groups is 3. The number of fused-ring (bicyclic) bond motifs is 1. The number of rotatable bonds is 4. The highest BCUT2D eigenvalue weighted by molar-refractivity contribution is 6.03. The summed E-state index contributed by atoms with van der Waals surface area (Å²) in [6.07, 6.45) is -5.77. The zero-order valence-corrected chi connectivity index (χ0v) is 20.3. The number of amides is 2. The second kappa shape index (κ2) is 11.6. The molecule has 8 nitrogen and oxygen atoms in total. The normalized spacial score (nSPS) is 13.2. The van der Waals surface area contributed by atoms with E-state index in [9.17, 15) is 35.9 Å². The first kappa shape index (κ1) is 29.2.